The van der Waals surface area contributed by atoms with Crippen LogP contribution in [0.3, 0.4) is 0 Å². The SMILES string of the molecule is CN(C)C(=O)CNC(=O)c1ccc(Br)cc1N.Cl. The van der Waals surface area contributed by atoms with Crippen LogP contribution in [0.5, 0.6) is 0 Å². The van der Waals surface area contributed by atoms with Crippen molar-refractivity contribution in [3.8, 4) is 0 Å². The van der Waals surface area contributed by atoms with Crippen LogP contribution in [0.25, 0.3) is 0 Å². The fourth-order valence-electron chi connectivity index (χ4n) is 1.15. The van der Waals surface area contributed by atoms with E-state index in [9.17, 15) is 9.59 Å². The number of carbonyl (C=O) groups excluding carboxylic acids is 2. The van der Waals surface area contributed by atoms with E-state index < -0.39 is 0 Å². The van der Waals surface area contributed by atoms with Crippen molar-refractivity contribution >= 4 is 45.8 Å². The number of amides is 2. The second kappa shape index (κ2) is 7.23. The smallest absolute Gasteiger partial charge is 0.253 e. The molecule has 18 heavy (non-hydrogen) atoms. The summed E-state index contributed by atoms with van der Waals surface area (Å²) in [6.07, 6.45) is 0. The normalized spacial score (nSPS) is 9.28. The third-order valence-corrected chi connectivity index (χ3v) is 2.65. The maximum absolute atomic E-state index is 11.7. The van der Waals surface area contributed by atoms with E-state index in [4.69, 9.17) is 5.73 Å². The van der Waals surface area contributed by atoms with Gasteiger partial charge in [-0.1, -0.05) is 15.9 Å². The molecule has 0 aliphatic rings. The van der Waals surface area contributed by atoms with Crippen LogP contribution in [0, 0.1) is 0 Å². The minimum absolute atomic E-state index is 0. The van der Waals surface area contributed by atoms with Gasteiger partial charge in [-0.15, -0.1) is 12.4 Å². The highest BCUT2D eigenvalue weighted by Crippen LogP contribution is 2.18. The van der Waals surface area contributed by atoms with Crippen molar-refractivity contribution in [2.75, 3.05) is 26.4 Å². The zero-order valence-corrected chi connectivity index (χ0v) is 12.5. The second-order valence-electron chi connectivity index (χ2n) is 3.70. The first-order valence-electron chi connectivity index (χ1n) is 4.95. The van der Waals surface area contributed by atoms with Gasteiger partial charge in [-0.3, -0.25) is 9.59 Å². The molecule has 0 aromatic heterocycles. The van der Waals surface area contributed by atoms with Gasteiger partial charge in [0.1, 0.15) is 0 Å². The third-order valence-electron chi connectivity index (χ3n) is 2.16. The Balaban J connectivity index is 0.00000289. The molecule has 1 aromatic rings. The lowest BCUT2D eigenvalue weighted by atomic mass is 10.1. The van der Waals surface area contributed by atoms with Crippen molar-refractivity contribution in [2.24, 2.45) is 0 Å². The van der Waals surface area contributed by atoms with E-state index in [1.54, 1.807) is 32.3 Å². The summed E-state index contributed by atoms with van der Waals surface area (Å²) >= 11 is 3.25. The Morgan fingerprint density at radius 3 is 2.50 bits per heavy atom. The molecule has 1 aromatic carbocycles. The van der Waals surface area contributed by atoms with E-state index in [1.807, 2.05) is 0 Å². The first-order valence-corrected chi connectivity index (χ1v) is 5.74. The predicted molar refractivity (Wildman–Crippen MR) is 76.8 cm³/mol. The molecule has 0 fully saturated rings. The highest BCUT2D eigenvalue weighted by atomic mass is 79.9. The number of hydrogen-bond acceptors (Lipinski definition) is 3. The maximum Gasteiger partial charge on any atom is 0.253 e. The molecule has 3 N–H and O–H groups in total. The number of nitrogen functional groups attached to an aromatic ring is 1. The third kappa shape index (κ3) is 4.54. The number of halogens is 2. The highest BCUT2D eigenvalue weighted by Gasteiger charge is 2.11. The lowest BCUT2D eigenvalue weighted by Crippen LogP contribution is -2.36. The molecular formula is C11H15BrClN3O2. The monoisotopic (exact) mass is 335 g/mol. The first kappa shape index (κ1) is 16.7. The number of likely N-dealkylation sites (N-methyl/N-ethyl adjacent to an activating group) is 1. The summed E-state index contributed by atoms with van der Waals surface area (Å²) < 4.78 is 0.802. The Kier molecular flexibility index (Phi) is 6.72. The standard InChI is InChI=1S/C11H14BrN3O2.ClH/c1-15(2)10(16)6-14-11(17)8-4-3-7(12)5-9(8)13;/h3-5H,6,13H2,1-2H3,(H,14,17);1H. The van der Waals surface area contributed by atoms with E-state index in [0.717, 1.165) is 4.47 Å². The van der Waals surface area contributed by atoms with Gasteiger partial charge >= 0.3 is 0 Å². The Hall–Kier alpha value is -1.27. The quantitative estimate of drug-likeness (QED) is 0.816. The molecule has 0 bridgehead atoms. The fourth-order valence-corrected chi connectivity index (χ4v) is 1.53. The molecule has 7 heteroatoms. The summed E-state index contributed by atoms with van der Waals surface area (Å²) in [4.78, 5) is 24.4. The lowest BCUT2D eigenvalue weighted by molar-refractivity contribution is -0.127. The van der Waals surface area contributed by atoms with Crippen molar-refractivity contribution < 1.29 is 9.59 Å². The number of nitrogens with one attached hydrogen (secondary N) is 1. The van der Waals surface area contributed by atoms with Gasteiger partial charge in [-0.05, 0) is 18.2 Å². The minimum atomic E-state index is -0.356. The van der Waals surface area contributed by atoms with Crippen molar-refractivity contribution in [3.63, 3.8) is 0 Å². The van der Waals surface area contributed by atoms with E-state index in [1.165, 1.54) is 4.90 Å². The molecule has 5 nitrogen and oxygen atoms in total. The number of nitrogens with two attached hydrogens (primary N) is 1. The highest BCUT2D eigenvalue weighted by molar-refractivity contribution is 9.10. The van der Waals surface area contributed by atoms with E-state index >= 15 is 0 Å². The van der Waals surface area contributed by atoms with E-state index in [2.05, 4.69) is 21.2 Å². The van der Waals surface area contributed by atoms with Gasteiger partial charge in [0.05, 0.1) is 12.1 Å². The van der Waals surface area contributed by atoms with E-state index in [-0.39, 0.29) is 30.8 Å². The van der Waals surface area contributed by atoms with Gasteiger partial charge in [0, 0.05) is 24.3 Å². The summed E-state index contributed by atoms with van der Waals surface area (Å²) in [7, 11) is 3.25. The van der Waals surface area contributed by atoms with Gasteiger partial charge in [-0.2, -0.15) is 0 Å². The summed E-state index contributed by atoms with van der Waals surface area (Å²) in [5.41, 5.74) is 6.43. The van der Waals surface area contributed by atoms with Crippen LogP contribution in [0.2, 0.25) is 0 Å². The zero-order valence-electron chi connectivity index (χ0n) is 10.1. The molecule has 0 saturated heterocycles. The summed E-state index contributed by atoms with van der Waals surface area (Å²) in [5.74, 6) is -0.528. The molecule has 0 unspecified atom stereocenters. The van der Waals surface area contributed by atoms with E-state index in [0.29, 0.717) is 11.3 Å². The van der Waals surface area contributed by atoms with Crippen molar-refractivity contribution in [1.29, 1.82) is 0 Å². The van der Waals surface area contributed by atoms with Crippen molar-refractivity contribution in [2.45, 2.75) is 0 Å². The second-order valence-corrected chi connectivity index (χ2v) is 4.62. The number of anilines is 1. The first-order chi connectivity index (χ1) is 7.91. The fraction of sp³-hybridized carbons (Fsp3) is 0.273. The molecule has 0 radical (unpaired) electrons. The van der Waals surface area contributed by atoms with Crippen LogP contribution >= 0.6 is 28.3 Å². The van der Waals surface area contributed by atoms with Crippen LogP contribution in [0.15, 0.2) is 22.7 Å². The van der Waals surface area contributed by atoms with Crippen molar-refractivity contribution in [3.05, 3.63) is 28.2 Å². The molecule has 0 atom stereocenters. The van der Waals surface area contributed by atoms with Crippen LogP contribution < -0.4 is 11.1 Å². The number of carbonyl (C=O) groups is 2. The minimum Gasteiger partial charge on any atom is -0.398 e. The maximum atomic E-state index is 11.7. The number of benzene rings is 1. The molecule has 0 saturated carbocycles. The zero-order chi connectivity index (χ0) is 13.0. The van der Waals surface area contributed by atoms with Gasteiger partial charge in [-0.25, -0.2) is 0 Å². The predicted octanol–water partition coefficient (Wildman–Crippen LogP) is 1.27. The Morgan fingerprint density at radius 1 is 1.39 bits per heavy atom. The van der Waals surface area contributed by atoms with Crippen LogP contribution in [-0.4, -0.2) is 37.4 Å². The van der Waals surface area contributed by atoms with Gasteiger partial charge < -0.3 is 16.0 Å². The topological polar surface area (TPSA) is 75.4 Å². The molecule has 0 aliphatic heterocycles. The van der Waals surface area contributed by atoms with Gasteiger partial charge in [0.15, 0.2) is 0 Å². The molecule has 100 valence electrons. The Labute approximate surface area is 120 Å². The molecule has 0 spiro atoms. The van der Waals surface area contributed by atoms with Crippen molar-refractivity contribution in [1.82, 2.24) is 10.2 Å². The average molecular weight is 337 g/mol. The summed E-state index contributed by atoms with van der Waals surface area (Å²) in [5, 5.41) is 2.51. The average Bonchev–Trinajstić information content (AvgIpc) is 2.25. The lowest BCUT2D eigenvalue weighted by Gasteiger charge is -2.11. The van der Waals surface area contributed by atoms with Crippen LogP contribution in [0.4, 0.5) is 5.69 Å². The number of hydrogen-bond donors (Lipinski definition) is 2. The Morgan fingerprint density at radius 2 is 2.00 bits per heavy atom. The van der Waals surface area contributed by atoms with Crippen LogP contribution in [-0.2, 0) is 4.79 Å². The molecule has 1 rings (SSSR count). The summed E-state index contributed by atoms with van der Waals surface area (Å²) in [6.45, 7) is -0.0403. The molecule has 2 amide bonds. The van der Waals surface area contributed by atoms with Crippen LogP contribution in [0.1, 0.15) is 10.4 Å². The summed E-state index contributed by atoms with van der Waals surface area (Å²) in [6, 6.07) is 4.97. The number of nitrogens with zero attached hydrogens (tertiary/aromatic N) is 1. The molecule has 0 heterocycles. The number of rotatable bonds is 3. The largest absolute Gasteiger partial charge is 0.398 e. The van der Waals surface area contributed by atoms with Gasteiger partial charge in [0.25, 0.3) is 5.91 Å². The Bertz CT molecular complexity index is 452. The molecular weight excluding hydrogens is 321 g/mol. The molecule has 0 aliphatic carbocycles. The van der Waals surface area contributed by atoms with Gasteiger partial charge in [0.2, 0.25) is 5.91 Å².